The monoisotopic (exact) mass is 640 g/mol. The molecule has 0 aliphatic carbocycles. The summed E-state index contributed by atoms with van der Waals surface area (Å²) in [5.74, 6) is 0.514. The van der Waals surface area contributed by atoms with E-state index < -0.39 is 0 Å². The fourth-order valence-electron chi connectivity index (χ4n) is 7.31. The van der Waals surface area contributed by atoms with Gasteiger partial charge in [0.15, 0.2) is 0 Å². The van der Waals surface area contributed by atoms with Crippen LogP contribution in [0.5, 0.6) is 0 Å². The lowest BCUT2D eigenvalue weighted by Crippen LogP contribution is -2.48. The molecule has 0 radical (unpaired) electrons. The number of carbonyl (C=O) groups excluding carboxylic acids is 1. The first-order valence-corrected chi connectivity index (χ1v) is 18.4. The van der Waals surface area contributed by atoms with Gasteiger partial charge in [-0.1, -0.05) is 81.8 Å². The van der Waals surface area contributed by atoms with E-state index in [4.69, 9.17) is 0 Å². The Hall–Kier alpha value is -3.06. The van der Waals surface area contributed by atoms with Gasteiger partial charge in [-0.2, -0.15) is 0 Å². The van der Waals surface area contributed by atoms with Crippen molar-refractivity contribution in [1.29, 1.82) is 0 Å². The van der Waals surface area contributed by atoms with Gasteiger partial charge in [0.1, 0.15) is 5.82 Å². The maximum atomic E-state index is 15.4. The number of amides is 1. The molecule has 0 aromatic heterocycles. The fraction of sp³-hybridized carbons (Fsp3) is 0.537. The van der Waals surface area contributed by atoms with Crippen LogP contribution >= 0.6 is 0 Å². The summed E-state index contributed by atoms with van der Waals surface area (Å²) in [6.07, 6.45) is 11.8. The third-order valence-corrected chi connectivity index (χ3v) is 9.98. The van der Waals surface area contributed by atoms with Gasteiger partial charge in [0, 0.05) is 56.4 Å². The molecule has 1 amide bonds. The number of unbranched alkanes of at least 4 members (excludes halogenated alkanes) is 6. The SMILES string of the molecule is CCCCCCCCCN(Cc1ccc(F)c(-c2cccc(CN3CCN[C@@H](C)C3)c2)c1)C(=O)c1cccc(CC2CCNCC2)c1. The molecule has 3 aromatic rings. The largest absolute Gasteiger partial charge is 0.334 e. The second kappa shape index (κ2) is 18.5. The molecule has 2 aliphatic heterocycles. The highest BCUT2D eigenvalue weighted by atomic mass is 19.1. The minimum absolute atomic E-state index is 0.0706. The van der Waals surface area contributed by atoms with Crippen LogP contribution in [-0.4, -0.2) is 61.0 Å². The van der Waals surface area contributed by atoms with Gasteiger partial charge in [-0.3, -0.25) is 9.69 Å². The summed E-state index contributed by atoms with van der Waals surface area (Å²) in [7, 11) is 0. The van der Waals surface area contributed by atoms with Crippen molar-refractivity contribution >= 4 is 5.91 Å². The number of piperidine rings is 1. The van der Waals surface area contributed by atoms with Crippen molar-refractivity contribution in [3.8, 4) is 11.1 Å². The second-order valence-corrected chi connectivity index (χ2v) is 14.1. The lowest BCUT2D eigenvalue weighted by molar-refractivity contribution is 0.0739. The van der Waals surface area contributed by atoms with E-state index in [1.165, 1.54) is 56.1 Å². The Balaban J connectivity index is 1.31. The molecule has 2 saturated heterocycles. The Bertz CT molecular complexity index is 1400. The molecule has 2 aliphatic rings. The third kappa shape index (κ3) is 11.0. The summed E-state index contributed by atoms with van der Waals surface area (Å²) >= 11 is 0. The fourth-order valence-corrected chi connectivity index (χ4v) is 7.31. The Morgan fingerprint density at radius 3 is 2.45 bits per heavy atom. The smallest absolute Gasteiger partial charge is 0.254 e. The first-order chi connectivity index (χ1) is 23.0. The van der Waals surface area contributed by atoms with E-state index in [-0.39, 0.29) is 11.7 Å². The van der Waals surface area contributed by atoms with Crippen molar-refractivity contribution in [1.82, 2.24) is 20.4 Å². The molecule has 0 saturated carbocycles. The Morgan fingerprint density at radius 1 is 0.872 bits per heavy atom. The van der Waals surface area contributed by atoms with E-state index in [0.29, 0.717) is 30.6 Å². The van der Waals surface area contributed by atoms with Crippen molar-refractivity contribution in [2.45, 2.75) is 97.2 Å². The zero-order valence-electron chi connectivity index (χ0n) is 28.9. The summed E-state index contributed by atoms with van der Waals surface area (Å²) in [6, 6.07) is 22.5. The zero-order chi connectivity index (χ0) is 32.8. The Kier molecular flexibility index (Phi) is 13.9. The van der Waals surface area contributed by atoms with E-state index in [1.807, 2.05) is 41.3 Å². The minimum atomic E-state index is -0.225. The van der Waals surface area contributed by atoms with Crippen LogP contribution in [0.2, 0.25) is 0 Å². The van der Waals surface area contributed by atoms with Gasteiger partial charge < -0.3 is 15.5 Å². The third-order valence-electron chi connectivity index (χ3n) is 9.98. The maximum absolute atomic E-state index is 15.4. The summed E-state index contributed by atoms with van der Waals surface area (Å²) in [5, 5.41) is 6.96. The summed E-state index contributed by atoms with van der Waals surface area (Å²) in [5.41, 5.74) is 5.66. The first-order valence-electron chi connectivity index (χ1n) is 18.4. The molecule has 5 nitrogen and oxygen atoms in total. The normalized spacial score (nSPS) is 17.6. The second-order valence-electron chi connectivity index (χ2n) is 14.1. The molecule has 0 unspecified atom stereocenters. The molecule has 6 heteroatoms. The highest BCUT2D eigenvalue weighted by Gasteiger charge is 2.20. The number of benzene rings is 3. The van der Waals surface area contributed by atoms with Crippen molar-refractivity contribution in [2.24, 2.45) is 5.92 Å². The molecule has 2 heterocycles. The van der Waals surface area contributed by atoms with Crippen LogP contribution < -0.4 is 10.6 Å². The van der Waals surface area contributed by atoms with Gasteiger partial charge in [-0.05, 0) is 104 Å². The maximum Gasteiger partial charge on any atom is 0.254 e. The highest BCUT2D eigenvalue weighted by Crippen LogP contribution is 2.27. The van der Waals surface area contributed by atoms with Gasteiger partial charge in [-0.25, -0.2) is 4.39 Å². The Labute approximate surface area is 283 Å². The van der Waals surface area contributed by atoms with Gasteiger partial charge in [0.05, 0.1) is 0 Å². The number of hydrogen-bond donors (Lipinski definition) is 2. The number of rotatable bonds is 16. The van der Waals surface area contributed by atoms with Crippen molar-refractivity contribution < 1.29 is 9.18 Å². The molecule has 1 atom stereocenters. The molecular formula is C41H57FN4O. The van der Waals surface area contributed by atoms with Crippen LogP contribution in [0.3, 0.4) is 0 Å². The molecule has 2 fully saturated rings. The van der Waals surface area contributed by atoms with Crippen LogP contribution in [0.1, 0.15) is 98.7 Å². The molecule has 2 N–H and O–H groups in total. The number of carbonyl (C=O) groups is 1. The molecule has 3 aromatic carbocycles. The van der Waals surface area contributed by atoms with E-state index >= 15 is 4.39 Å². The van der Waals surface area contributed by atoms with Crippen molar-refractivity contribution in [3.05, 3.63) is 94.8 Å². The van der Waals surface area contributed by atoms with E-state index in [9.17, 15) is 4.79 Å². The summed E-state index contributed by atoms with van der Waals surface area (Å²) in [4.78, 5) is 18.6. The Morgan fingerprint density at radius 2 is 1.64 bits per heavy atom. The van der Waals surface area contributed by atoms with Crippen LogP contribution in [0.25, 0.3) is 11.1 Å². The molecule has 47 heavy (non-hydrogen) atoms. The standard InChI is InChI=1S/C41H57FN4O/c1-3-4-5-6-7-8-9-23-46(41(47)38-15-10-12-34(26-38)25-33-18-20-43-21-19-33)31-36-16-17-40(42)39(28-36)37-14-11-13-35(27-37)30-45-24-22-44-32(2)29-45/h10-17,26-28,32-33,43-44H,3-9,18-25,29-31H2,1-2H3/t32-/m0/s1. The number of piperazine rings is 1. The molecule has 0 bridgehead atoms. The van der Waals surface area contributed by atoms with Gasteiger partial charge in [0.25, 0.3) is 5.91 Å². The predicted octanol–water partition coefficient (Wildman–Crippen LogP) is 8.22. The predicted molar refractivity (Wildman–Crippen MR) is 193 cm³/mol. The topological polar surface area (TPSA) is 47.6 Å². The van der Waals surface area contributed by atoms with E-state index in [0.717, 1.165) is 75.2 Å². The number of halogens is 1. The lowest BCUT2D eigenvalue weighted by atomic mass is 9.90. The van der Waals surface area contributed by atoms with E-state index in [2.05, 4.69) is 53.6 Å². The van der Waals surface area contributed by atoms with Gasteiger partial charge in [0.2, 0.25) is 0 Å². The lowest BCUT2D eigenvalue weighted by Gasteiger charge is -2.31. The average Bonchev–Trinajstić information content (AvgIpc) is 3.08. The summed E-state index contributed by atoms with van der Waals surface area (Å²) < 4.78 is 15.4. The van der Waals surface area contributed by atoms with Crippen LogP contribution in [0.4, 0.5) is 4.39 Å². The van der Waals surface area contributed by atoms with Crippen LogP contribution in [-0.2, 0) is 19.5 Å². The first kappa shape index (κ1) is 35.3. The van der Waals surface area contributed by atoms with Crippen molar-refractivity contribution in [2.75, 3.05) is 39.3 Å². The van der Waals surface area contributed by atoms with Crippen LogP contribution in [0.15, 0.2) is 66.7 Å². The average molecular weight is 641 g/mol. The van der Waals surface area contributed by atoms with Crippen LogP contribution in [0, 0.1) is 11.7 Å². The van der Waals surface area contributed by atoms with Crippen molar-refractivity contribution in [3.63, 3.8) is 0 Å². The van der Waals surface area contributed by atoms with Gasteiger partial charge >= 0.3 is 0 Å². The van der Waals surface area contributed by atoms with E-state index in [1.54, 1.807) is 6.07 Å². The molecule has 5 rings (SSSR count). The number of hydrogen-bond acceptors (Lipinski definition) is 4. The number of nitrogens with zero attached hydrogens (tertiary/aromatic N) is 2. The number of nitrogens with one attached hydrogen (secondary N) is 2. The molecule has 254 valence electrons. The zero-order valence-corrected chi connectivity index (χ0v) is 28.9. The molecular weight excluding hydrogens is 583 g/mol. The summed E-state index contributed by atoms with van der Waals surface area (Å²) in [6.45, 7) is 11.7. The van der Waals surface area contributed by atoms with Gasteiger partial charge in [-0.15, -0.1) is 0 Å². The minimum Gasteiger partial charge on any atom is -0.334 e. The molecule has 0 spiro atoms. The quantitative estimate of drug-likeness (QED) is 0.155. The highest BCUT2D eigenvalue weighted by molar-refractivity contribution is 5.94.